The van der Waals surface area contributed by atoms with Gasteiger partial charge in [0.05, 0.1) is 18.1 Å². The van der Waals surface area contributed by atoms with Crippen molar-refractivity contribution in [2.24, 2.45) is 5.92 Å². The predicted octanol–water partition coefficient (Wildman–Crippen LogP) is 1.40. The minimum absolute atomic E-state index is 0.0719. The molecule has 1 saturated heterocycles. The molecule has 0 aliphatic carbocycles. The van der Waals surface area contributed by atoms with E-state index < -0.39 is 6.04 Å². The fourth-order valence-corrected chi connectivity index (χ4v) is 3.51. The number of hydrogen-bond acceptors (Lipinski definition) is 7. The maximum atomic E-state index is 12.1. The van der Waals surface area contributed by atoms with Crippen LogP contribution in [0.4, 0.5) is 5.82 Å². The van der Waals surface area contributed by atoms with Crippen LogP contribution >= 0.6 is 11.8 Å². The Morgan fingerprint density at radius 3 is 2.93 bits per heavy atom. The summed E-state index contributed by atoms with van der Waals surface area (Å²) in [6, 6.07) is -0.427. The molecule has 0 saturated carbocycles. The SMILES string of the molecule is CCSc1nc(NCC(C)C)c2cnn(CCNC(=O)C3CCC(=O)N3)c2n1. The third-order valence-corrected chi connectivity index (χ3v) is 5.09. The average molecular weight is 406 g/mol. The van der Waals surface area contributed by atoms with Crippen molar-refractivity contribution in [1.82, 2.24) is 30.4 Å². The molecule has 152 valence electrons. The molecule has 1 fully saturated rings. The number of amides is 2. The van der Waals surface area contributed by atoms with Crippen molar-refractivity contribution < 1.29 is 9.59 Å². The Hall–Kier alpha value is -2.36. The average Bonchev–Trinajstić information content (AvgIpc) is 3.26. The summed E-state index contributed by atoms with van der Waals surface area (Å²) >= 11 is 1.58. The molecule has 9 nitrogen and oxygen atoms in total. The maximum absolute atomic E-state index is 12.1. The van der Waals surface area contributed by atoms with Gasteiger partial charge in [-0.25, -0.2) is 14.6 Å². The third kappa shape index (κ3) is 4.92. The van der Waals surface area contributed by atoms with E-state index in [4.69, 9.17) is 0 Å². The molecule has 3 heterocycles. The van der Waals surface area contributed by atoms with Crippen LogP contribution in [-0.2, 0) is 16.1 Å². The van der Waals surface area contributed by atoms with Gasteiger partial charge in [-0.15, -0.1) is 0 Å². The first-order valence-corrected chi connectivity index (χ1v) is 10.6. The normalized spacial score (nSPS) is 16.6. The summed E-state index contributed by atoms with van der Waals surface area (Å²) in [6.45, 7) is 8.08. The molecule has 0 spiro atoms. The highest BCUT2D eigenvalue weighted by atomic mass is 32.2. The van der Waals surface area contributed by atoms with Gasteiger partial charge in [0.1, 0.15) is 11.9 Å². The maximum Gasteiger partial charge on any atom is 0.242 e. The van der Waals surface area contributed by atoms with E-state index >= 15 is 0 Å². The monoisotopic (exact) mass is 405 g/mol. The molecule has 1 aliphatic rings. The Bertz CT molecular complexity index is 852. The fraction of sp³-hybridized carbons (Fsp3) is 0.611. The lowest BCUT2D eigenvalue weighted by Gasteiger charge is -2.12. The van der Waals surface area contributed by atoms with Crippen molar-refractivity contribution in [3.63, 3.8) is 0 Å². The molecule has 2 amide bonds. The summed E-state index contributed by atoms with van der Waals surface area (Å²) in [5, 5.41) is 14.9. The summed E-state index contributed by atoms with van der Waals surface area (Å²) in [5.41, 5.74) is 0.751. The number of aromatic nitrogens is 4. The lowest BCUT2D eigenvalue weighted by Crippen LogP contribution is -2.42. The standard InChI is InChI=1S/C18H27N7O2S/c1-4-28-18-23-15(20-9-11(2)3)12-10-21-25(16(12)24-18)8-7-19-17(27)13-5-6-14(26)22-13/h10-11,13H,4-9H2,1-3H3,(H,19,27)(H,22,26)(H,20,23,24). The second-order valence-electron chi connectivity index (χ2n) is 7.12. The van der Waals surface area contributed by atoms with Crippen LogP contribution in [0.3, 0.4) is 0 Å². The number of hydrogen-bond donors (Lipinski definition) is 3. The molecule has 0 bridgehead atoms. The molecule has 1 aliphatic heterocycles. The Balaban J connectivity index is 1.70. The van der Waals surface area contributed by atoms with Crippen LogP contribution < -0.4 is 16.0 Å². The molecule has 10 heteroatoms. The summed E-state index contributed by atoms with van der Waals surface area (Å²) in [7, 11) is 0. The van der Waals surface area contributed by atoms with E-state index in [2.05, 4.69) is 51.8 Å². The number of rotatable bonds is 9. The number of nitrogens with one attached hydrogen (secondary N) is 3. The highest BCUT2D eigenvalue weighted by Crippen LogP contribution is 2.24. The molecular formula is C18H27N7O2S. The number of thioether (sulfide) groups is 1. The van der Waals surface area contributed by atoms with Gasteiger partial charge in [0.25, 0.3) is 0 Å². The second-order valence-corrected chi connectivity index (χ2v) is 8.35. The van der Waals surface area contributed by atoms with Gasteiger partial charge in [-0.2, -0.15) is 5.10 Å². The molecule has 1 atom stereocenters. The number of carbonyl (C=O) groups is 2. The minimum atomic E-state index is -0.427. The molecule has 2 aromatic rings. The van der Waals surface area contributed by atoms with Crippen LogP contribution in [0.15, 0.2) is 11.4 Å². The van der Waals surface area contributed by atoms with Crippen molar-refractivity contribution >= 4 is 40.4 Å². The van der Waals surface area contributed by atoms with Gasteiger partial charge in [-0.3, -0.25) is 9.59 Å². The van der Waals surface area contributed by atoms with E-state index in [1.165, 1.54) is 0 Å². The first kappa shape index (κ1) is 20.4. The van der Waals surface area contributed by atoms with E-state index in [1.54, 1.807) is 22.6 Å². The quantitative estimate of drug-likeness (QED) is 0.427. The summed E-state index contributed by atoms with van der Waals surface area (Å²) in [4.78, 5) is 32.6. The van der Waals surface area contributed by atoms with Gasteiger partial charge in [-0.1, -0.05) is 32.5 Å². The highest BCUT2D eigenvalue weighted by molar-refractivity contribution is 7.99. The fourth-order valence-electron chi connectivity index (χ4n) is 2.95. The van der Waals surface area contributed by atoms with E-state index in [9.17, 15) is 9.59 Å². The predicted molar refractivity (Wildman–Crippen MR) is 109 cm³/mol. The number of carbonyl (C=O) groups excluding carboxylic acids is 2. The Morgan fingerprint density at radius 1 is 1.43 bits per heavy atom. The third-order valence-electron chi connectivity index (χ3n) is 4.36. The van der Waals surface area contributed by atoms with Crippen LogP contribution in [-0.4, -0.2) is 56.4 Å². The van der Waals surface area contributed by atoms with Crippen molar-refractivity contribution in [2.45, 2.75) is 51.4 Å². The van der Waals surface area contributed by atoms with Crippen molar-refractivity contribution in [1.29, 1.82) is 0 Å². The number of fused-ring (bicyclic) bond motifs is 1. The molecule has 0 aromatic carbocycles. The van der Waals surface area contributed by atoms with Gasteiger partial charge in [0.2, 0.25) is 11.8 Å². The van der Waals surface area contributed by atoms with E-state index in [0.717, 1.165) is 29.1 Å². The zero-order valence-electron chi connectivity index (χ0n) is 16.5. The summed E-state index contributed by atoms with van der Waals surface area (Å²) < 4.78 is 1.78. The van der Waals surface area contributed by atoms with E-state index in [1.807, 2.05) is 0 Å². The van der Waals surface area contributed by atoms with Crippen LogP contribution in [0.2, 0.25) is 0 Å². The van der Waals surface area contributed by atoms with Gasteiger partial charge in [-0.05, 0) is 18.1 Å². The Labute approximate surface area is 168 Å². The molecule has 2 aromatic heterocycles. The molecule has 3 rings (SSSR count). The van der Waals surface area contributed by atoms with Crippen LogP contribution in [0.1, 0.15) is 33.6 Å². The minimum Gasteiger partial charge on any atom is -0.369 e. The molecule has 28 heavy (non-hydrogen) atoms. The van der Waals surface area contributed by atoms with E-state index in [-0.39, 0.29) is 11.8 Å². The van der Waals surface area contributed by atoms with Crippen LogP contribution in [0.5, 0.6) is 0 Å². The molecule has 0 radical (unpaired) electrons. The Morgan fingerprint density at radius 2 is 2.25 bits per heavy atom. The highest BCUT2D eigenvalue weighted by Gasteiger charge is 2.26. The molecular weight excluding hydrogens is 378 g/mol. The van der Waals surface area contributed by atoms with Crippen LogP contribution in [0, 0.1) is 5.92 Å². The lowest BCUT2D eigenvalue weighted by molar-refractivity contribution is -0.125. The smallest absolute Gasteiger partial charge is 0.242 e. The zero-order valence-corrected chi connectivity index (χ0v) is 17.3. The van der Waals surface area contributed by atoms with E-state index in [0.29, 0.717) is 37.0 Å². The van der Waals surface area contributed by atoms with Crippen LogP contribution in [0.25, 0.3) is 11.0 Å². The Kier molecular flexibility index (Phi) is 6.71. The second kappa shape index (κ2) is 9.22. The summed E-state index contributed by atoms with van der Waals surface area (Å²) in [6.07, 6.45) is 2.71. The topological polar surface area (TPSA) is 114 Å². The van der Waals surface area contributed by atoms with Crippen molar-refractivity contribution in [3.8, 4) is 0 Å². The lowest BCUT2D eigenvalue weighted by atomic mass is 10.2. The first-order chi connectivity index (χ1) is 13.5. The summed E-state index contributed by atoms with van der Waals surface area (Å²) in [5.74, 6) is 1.94. The van der Waals surface area contributed by atoms with Crippen molar-refractivity contribution in [2.75, 3.05) is 24.2 Å². The zero-order chi connectivity index (χ0) is 20.1. The molecule has 3 N–H and O–H groups in total. The van der Waals surface area contributed by atoms with Gasteiger partial charge >= 0.3 is 0 Å². The van der Waals surface area contributed by atoms with Gasteiger partial charge in [0, 0.05) is 19.5 Å². The first-order valence-electron chi connectivity index (χ1n) is 9.65. The number of anilines is 1. The largest absolute Gasteiger partial charge is 0.369 e. The molecule has 1 unspecified atom stereocenters. The van der Waals surface area contributed by atoms with Gasteiger partial charge in [0.15, 0.2) is 10.8 Å². The number of nitrogens with zero attached hydrogens (tertiary/aromatic N) is 4. The van der Waals surface area contributed by atoms with Gasteiger partial charge < -0.3 is 16.0 Å². The van der Waals surface area contributed by atoms with Crippen molar-refractivity contribution in [3.05, 3.63) is 6.20 Å².